The Morgan fingerprint density at radius 2 is 1.95 bits per heavy atom. The van der Waals surface area contributed by atoms with Gasteiger partial charge in [0.1, 0.15) is 0 Å². The van der Waals surface area contributed by atoms with E-state index in [0.29, 0.717) is 0 Å². The third-order valence-corrected chi connectivity index (χ3v) is 4.74. The summed E-state index contributed by atoms with van der Waals surface area (Å²) in [5.41, 5.74) is 5.52. The van der Waals surface area contributed by atoms with E-state index in [0.717, 1.165) is 29.7 Å². The van der Waals surface area contributed by atoms with Gasteiger partial charge in [-0.2, -0.15) is 0 Å². The van der Waals surface area contributed by atoms with Crippen LogP contribution in [0.5, 0.6) is 0 Å². The van der Waals surface area contributed by atoms with Crippen LogP contribution in [0.2, 0.25) is 0 Å². The lowest BCUT2D eigenvalue weighted by Crippen LogP contribution is -2.31. The number of fused-ring (bicyclic) bond motifs is 1. The molecule has 0 aliphatic carbocycles. The maximum absolute atomic E-state index is 11.9. The van der Waals surface area contributed by atoms with E-state index in [1.165, 1.54) is 11.1 Å². The Kier molecular flexibility index (Phi) is 3.62. The first kappa shape index (κ1) is 13.4. The molecule has 1 atom stereocenters. The van der Waals surface area contributed by atoms with Crippen LogP contribution in [0.3, 0.4) is 0 Å². The molecule has 3 heteroatoms. The van der Waals surface area contributed by atoms with Gasteiger partial charge in [-0.25, -0.2) is 0 Å². The topological polar surface area (TPSA) is 29.1 Å². The minimum atomic E-state index is 0.0389. The van der Waals surface area contributed by atoms with Gasteiger partial charge in [-0.15, -0.1) is 0 Å². The van der Waals surface area contributed by atoms with Crippen molar-refractivity contribution in [2.45, 2.75) is 18.2 Å². The lowest BCUT2D eigenvalue weighted by molar-refractivity contribution is 0.0946. The molecule has 1 N–H and O–H groups in total. The van der Waals surface area contributed by atoms with E-state index < -0.39 is 0 Å². The minimum Gasteiger partial charge on any atom is -0.352 e. The summed E-state index contributed by atoms with van der Waals surface area (Å²) in [7, 11) is 0. The van der Waals surface area contributed by atoms with E-state index in [4.69, 9.17) is 0 Å². The first-order chi connectivity index (χ1) is 9.65. The first-order valence-corrected chi connectivity index (χ1v) is 7.68. The molecule has 3 rings (SSSR count). The molecule has 0 saturated heterocycles. The lowest BCUT2D eigenvalue weighted by Gasteiger charge is -2.19. The Hall–Kier alpha value is -1.61. The van der Waals surface area contributed by atoms with Crippen LogP contribution in [0.25, 0.3) is 0 Å². The summed E-state index contributed by atoms with van der Waals surface area (Å²) in [6, 6.07) is 14.6. The van der Waals surface area contributed by atoms with Gasteiger partial charge in [0.25, 0.3) is 5.91 Å². The molecule has 1 amide bonds. The second-order valence-corrected chi connectivity index (χ2v) is 6.11. The quantitative estimate of drug-likeness (QED) is 0.835. The van der Waals surface area contributed by atoms with Crippen LogP contribution in [0.15, 0.2) is 42.5 Å². The summed E-state index contributed by atoms with van der Waals surface area (Å²) in [6.07, 6.45) is 0.915. The molecule has 0 bridgehead atoms. The number of hydrogen-bond acceptors (Lipinski definition) is 1. The molecule has 2 nitrogen and oxygen atoms in total. The number of hydrogen-bond donors (Lipinski definition) is 1. The number of amides is 1. The Morgan fingerprint density at radius 3 is 2.75 bits per heavy atom. The van der Waals surface area contributed by atoms with Crippen molar-refractivity contribution in [2.75, 3.05) is 6.54 Å². The molecule has 0 spiro atoms. The fourth-order valence-corrected chi connectivity index (χ4v) is 3.18. The third-order valence-electron chi connectivity index (χ3n) is 3.69. The van der Waals surface area contributed by atoms with Crippen molar-refractivity contribution in [3.63, 3.8) is 0 Å². The second-order valence-electron chi connectivity index (χ2n) is 5.20. The number of rotatable bonds is 2. The van der Waals surface area contributed by atoms with Gasteiger partial charge in [0.15, 0.2) is 0 Å². The van der Waals surface area contributed by atoms with Gasteiger partial charge < -0.3 is 5.32 Å². The highest BCUT2D eigenvalue weighted by molar-refractivity contribution is 9.09. The molecule has 102 valence electrons. The minimum absolute atomic E-state index is 0.0389. The maximum Gasteiger partial charge on any atom is 0.251 e. The zero-order valence-electron chi connectivity index (χ0n) is 11.3. The van der Waals surface area contributed by atoms with Gasteiger partial charge >= 0.3 is 0 Å². The smallest absolute Gasteiger partial charge is 0.251 e. The van der Waals surface area contributed by atoms with Gasteiger partial charge in [0.05, 0.1) is 4.83 Å². The van der Waals surface area contributed by atoms with Crippen LogP contribution in [0, 0.1) is 6.92 Å². The van der Waals surface area contributed by atoms with Crippen LogP contribution in [-0.4, -0.2) is 12.5 Å². The largest absolute Gasteiger partial charge is 0.352 e. The van der Waals surface area contributed by atoms with Crippen molar-refractivity contribution in [1.29, 1.82) is 0 Å². The second kappa shape index (κ2) is 5.41. The highest BCUT2D eigenvalue weighted by atomic mass is 79.9. The molecule has 2 aromatic rings. The predicted octanol–water partition coefficient (Wildman–Crippen LogP) is 3.77. The van der Waals surface area contributed by atoms with Crippen LogP contribution in [0.4, 0.5) is 0 Å². The molecule has 0 aromatic heterocycles. The Morgan fingerprint density at radius 1 is 1.15 bits per heavy atom. The Balaban J connectivity index is 1.98. The Labute approximate surface area is 127 Å². The number of nitrogens with one attached hydrogen (secondary N) is 1. The number of aryl methyl sites for hydroxylation is 1. The number of alkyl halides is 1. The summed E-state index contributed by atoms with van der Waals surface area (Å²) >= 11 is 3.74. The van der Waals surface area contributed by atoms with Gasteiger partial charge in [0.2, 0.25) is 0 Å². The van der Waals surface area contributed by atoms with E-state index in [1.54, 1.807) is 0 Å². The molecule has 20 heavy (non-hydrogen) atoms. The number of carbonyl (C=O) groups is 1. The fraction of sp³-hybridized carbons (Fsp3) is 0.235. The van der Waals surface area contributed by atoms with E-state index in [2.05, 4.69) is 64.6 Å². The summed E-state index contributed by atoms with van der Waals surface area (Å²) in [4.78, 5) is 12.0. The third kappa shape index (κ3) is 2.50. The van der Waals surface area contributed by atoms with Crippen LogP contribution in [0.1, 0.15) is 37.4 Å². The van der Waals surface area contributed by atoms with Crippen molar-refractivity contribution < 1.29 is 4.79 Å². The van der Waals surface area contributed by atoms with Crippen molar-refractivity contribution in [3.05, 3.63) is 70.3 Å². The summed E-state index contributed by atoms with van der Waals surface area (Å²) in [6.45, 7) is 2.82. The summed E-state index contributed by atoms with van der Waals surface area (Å²) < 4.78 is 0. The Bertz CT molecular complexity index is 666. The van der Waals surface area contributed by atoms with Crippen molar-refractivity contribution in [2.24, 2.45) is 0 Å². The molecule has 0 radical (unpaired) electrons. The van der Waals surface area contributed by atoms with Crippen molar-refractivity contribution in [3.8, 4) is 0 Å². The zero-order chi connectivity index (χ0) is 14.1. The highest BCUT2D eigenvalue weighted by Crippen LogP contribution is 2.32. The monoisotopic (exact) mass is 329 g/mol. The highest BCUT2D eigenvalue weighted by Gasteiger charge is 2.19. The number of benzene rings is 2. The van der Waals surface area contributed by atoms with Crippen molar-refractivity contribution in [1.82, 2.24) is 5.32 Å². The average Bonchev–Trinajstić information content (AvgIpc) is 2.47. The molecule has 1 heterocycles. The van der Waals surface area contributed by atoms with Crippen LogP contribution < -0.4 is 5.32 Å². The molecule has 2 aromatic carbocycles. The molecule has 1 aliphatic rings. The van der Waals surface area contributed by atoms with E-state index in [-0.39, 0.29) is 10.7 Å². The number of carbonyl (C=O) groups excluding carboxylic acids is 1. The van der Waals surface area contributed by atoms with Crippen molar-refractivity contribution >= 4 is 21.8 Å². The van der Waals surface area contributed by atoms with E-state index >= 15 is 0 Å². The fourth-order valence-electron chi connectivity index (χ4n) is 2.61. The molecule has 1 unspecified atom stereocenters. The summed E-state index contributed by atoms with van der Waals surface area (Å²) in [5, 5.41) is 2.90. The van der Waals surface area contributed by atoms with Gasteiger partial charge in [0, 0.05) is 12.1 Å². The zero-order valence-corrected chi connectivity index (χ0v) is 12.9. The van der Waals surface area contributed by atoms with E-state index in [9.17, 15) is 4.79 Å². The maximum atomic E-state index is 11.9. The SMILES string of the molecule is Cc1cccc(C(Br)c2ccc3c(c2)C(=O)NCC3)c1. The molecule has 0 fully saturated rings. The molecular formula is C17H16BrNO. The molecule has 0 saturated carbocycles. The standard InChI is InChI=1S/C17H16BrNO/c1-11-3-2-4-13(9-11)16(18)14-6-5-12-7-8-19-17(20)15(12)10-14/h2-6,9-10,16H,7-8H2,1H3,(H,19,20). The van der Waals surface area contributed by atoms with Gasteiger partial charge in [-0.3, -0.25) is 4.79 Å². The normalized spacial score (nSPS) is 15.4. The van der Waals surface area contributed by atoms with E-state index in [1.807, 2.05) is 6.07 Å². The average molecular weight is 330 g/mol. The van der Waals surface area contributed by atoms with Gasteiger partial charge in [-0.05, 0) is 36.1 Å². The molecule has 1 aliphatic heterocycles. The van der Waals surface area contributed by atoms with Crippen LogP contribution in [-0.2, 0) is 6.42 Å². The lowest BCUT2D eigenvalue weighted by atomic mass is 9.95. The first-order valence-electron chi connectivity index (χ1n) is 6.77. The predicted molar refractivity (Wildman–Crippen MR) is 84.4 cm³/mol. The summed E-state index contributed by atoms with van der Waals surface area (Å²) in [5.74, 6) is 0.0389. The number of halogens is 1. The molecular weight excluding hydrogens is 314 g/mol. The van der Waals surface area contributed by atoms with Gasteiger partial charge in [-0.1, -0.05) is 57.9 Å². The van der Waals surface area contributed by atoms with Crippen LogP contribution >= 0.6 is 15.9 Å².